The highest BCUT2D eigenvalue weighted by molar-refractivity contribution is 6.35. The van der Waals surface area contributed by atoms with Gasteiger partial charge in [0.2, 0.25) is 0 Å². The van der Waals surface area contributed by atoms with Crippen LogP contribution in [-0.2, 0) is 11.3 Å². The Labute approximate surface area is 195 Å². The summed E-state index contributed by atoms with van der Waals surface area (Å²) >= 11 is 12.7. The summed E-state index contributed by atoms with van der Waals surface area (Å²) in [5.74, 6) is -1.15. The lowest BCUT2D eigenvalue weighted by atomic mass is 9.84. The highest BCUT2D eigenvalue weighted by Crippen LogP contribution is 2.40. The van der Waals surface area contributed by atoms with Crippen LogP contribution in [-0.4, -0.2) is 81.0 Å². The third-order valence-electron chi connectivity index (χ3n) is 5.61. The maximum atomic E-state index is 12.6. The van der Waals surface area contributed by atoms with Crippen molar-refractivity contribution in [1.29, 1.82) is 0 Å². The van der Waals surface area contributed by atoms with Crippen molar-refractivity contribution in [2.75, 3.05) is 25.5 Å². The van der Waals surface area contributed by atoms with E-state index in [0.717, 1.165) is 16.7 Å². The van der Waals surface area contributed by atoms with Crippen molar-refractivity contribution in [2.24, 2.45) is 0 Å². The zero-order chi connectivity index (χ0) is 23.6. The maximum absolute atomic E-state index is 12.6. The van der Waals surface area contributed by atoms with E-state index in [-0.39, 0.29) is 5.92 Å². The first kappa shape index (κ1) is 24.9. The van der Waals surface area contributed by atoms with E-state index >= 15 is 0 Å². The van der Waals surface area contributed by atoms with Gasteiger partial charge >= 0.3 is 0 Å². The number of para-hydroxylation sites is 1. The van der Waals surface area contributed by atoms with Crippen molar-refractivity contribution in [1.82, 2.24) is 4.90 Å². The Morgan fingerprint density at radius 2 is 1.81 bits per heavy atom. The minimum atomic E-state index is -2.04. The predicted molar refractivity (Wildman–Crippen MR) is 121 cm³/mol. The van der Waals surface area contributed by atoms with Crippen molar-refractivity contribution in [3.63, 3.8) is 0 Å². The SMILES string of the molecule is CN1Cc2c(Cl)cc(Cl)cc2C(c2ccccc2NC(=O)C(O)C(O)C(O)C(O)CO)C1. The van der Waals surface area contributed by atoms with Gasteiger partial charge in [0.25, 0.3) is 5.91 Å². The van der Waals surface area contributed by atoms with Gasteiger partial charge in [0.1, 0.15) is 18.3 Å². The number of aliphatic hydroxyl groups is 5. The van der Waals surface area contributed by atoms with E-state index in [0.29, 0.717) is 28.8 Å². The summed E-state index contributed by atoms with van der Waals surface area (Å²) in [6.45, 7) is 0.435. The molecule has 0 bridgehead atoms. The third-order valence-corrected chi connectivity index (χ3v) is 6.17. The first-order chi connectivity index (χ1) is 15.1. The van der Waals surface area contributed by atoms with Crippen molar-refractivity contribution >= 4 is 34.8 Å². The average Bonchev–Trinajstić information content (AvgIpc) is 2.77. The van der Waals surface area contributed by atoms with E-state index in [1.54, 1.807) is 18.2 Å². The third kappa shape index (κ3) is 5.24. The smallest absolute Gasteiger partial charge is 0.256 e. The zero-order valence-corrected chi connectivity index (χ0v) is 18.8. The van der Waals surface area contributed by atoms with Crippen molar-refractivity contribution < 1.29 is 30.3 Å². The van der Waals surface area contributed by atoms with Gasteiger partial charge in [0.05, 0.1) is 6.61 Å². The van der Waals surface area contributed by atoms with Gasteiger partial charge in [-0.25, -0.2) is 0 Å². The van der Waals surface area contributed by atoms with Gasteiger partial charge in [-0.1, -0.05) is 41.4 Å². The highest BCUT2D eigenvalue weighted by Gasteiger charge is 2.35. The Kier molecular flexibility index (Phi) is 8.13. The van der Waals surface area contributed by atoms with E-state index in [1.165, 1.54) is 0 Å². The second-order valence-electron chi connectivity index (χ2n) is 7.96. The number of carbonyl (C=O) groups is 1. The number of hydrogen-bond acceptors (Lipinski definition) is 7. The van der Waals surface area contributed by atoms with Crippen LogP contribution in [0.5, 0.6) is 0 Å². The quantitative estimate of drug-likeness (QED) is 0.344. The monoisotopic (exact) mass is 484 g/mol. The van der Waals surface area contributed by atoms with E-state index in [4.69, 9.17) is 28.3 Å². The van der Waals surface area contributed by atoms with Crippen LogP contribution in [0, 0.1) is 0 Å². The van der Waals surface area contributed by atoms with Crippen molar-refractivity contribution in [3.05, 3.63) is 63.1 Å². The minimum absolute atomic E-state index is 0.180. The first-order valence-electron chi connectivity index (χ1n) is 10.0. The number of hydrogen-bond donors (Lipinski definition) is 6. The molecule has 8 nitrogen and oxygen atoms in total. The lowest BCUT2D eigenvalue weighted by Crippen LogP contribution is -2.50. The van der Waals surface area contributed by atoms with Crippen LogP contribution in [0.3, 0.4) is 0 Å². The summed E-state index contributed by atoms with van der Waals surface area (Å²) in [6.07, 6.45) is -7.64. The van der Waals surface area contributed by atoms with Crippen LogP contribution >= 0.6 is 23.2 Å². The molecule has 0 radical (unpaired) electrons. The van der Waals surface area contributed by atoms with Crippen LogP contribution in [0.15, 0.2) is 36.4 Å². The van der Waals surface area contributed by atoms with Gasteiger partial charge in [-0.15, -0.1) is 0 Å². The van der Waals surface area contributed by atoms with Gasteiger partial charge in [-0.05, 0) is 41.9 Å². The molecule has 1 aliphatic heterocycles. The number of carbonyl (C=O) groups excluding carboxylic acids is 1. The molecule has 3 rings (SSSR count). The molecule has 0 saturated heterocycles. The van der Waals surface area contributed by atoms with Gasteiger partial charge < -0.3 is 35.7 Å². The molecule has 5 atom stereocenters. The molecule has 0 fully saturated rings. The lowest BCUT2D eigenvalue weighted by molar-refractivity contribution is -0.144. The van der Waals surface area contributed by atoms with Crippen LogP contribution in [0.2, 0.25) is 10.0 Å². The number of likely N-dealkylation sites (N-methyl/N-ethyl adjacent to an activating group) is 1. The number of aliphatic hydroxyl groups excluding tert-OH is 5. The molecule has 1 aliphatic rings. The molecule has 1 heterocycles. The summed E-state index contributed by atoms with van der Waals surface area (Å²) in [6, 6.07) is 10.6. The minimum Gasteiger partial charge on any atom is -0.394 e. The van der Waals surface area contributed by atoms with E-state index < -0.39 is 36.9 Å². The molecule has 0 saturated carbocycles. The zero-order valence-electron chi connectivity index (χ0n) is 17.3. The fourth-order valence-electron chi connectivity index (χ4n) is 3.91. The average molecular weight is 485 g/mol. The summed E-state index contributed by atoms with van der Waals surface area (Å²) in [5, 5.41) is 52.0. The molecule has 2 aromatic carbocycles. The molecule has 0 aliphatic carbocycles. The Morgan fingerprint density at radius 1 is 1.12 bits per heavy atom. The van der Waals surface area contributed by atoms with E-state index in [1.807, 2.05) is 25.2 Å². The summed E-state index contributed by atoms with van der Waals surface area (Å²) in [7, 11) is 1.95. The standard InChI is InChI=1S/C22H26Cl2N2O6/c1-26-8-14(13-6-11(23)7-16(24)15(13)9-26)12-4-2-3-5-17(12)25-22(32)21(31)20(30)19(29)18(28)10-27/h2-7,14,18-21,27-31H,8-10H2,1H3,(H,25,32). The Morgan fingerprint density at radius 3 is 2.50 bits per heavy atom. The summed E-state index contributed by atoms with van der Waals surface area (Å²) in [4.78, 5) is 14.7. The molecule has 1 amide bonds. The first-order valence-corrected chi connectivity index (χ1v) is 10.8. The second-order valence-corrected chi connectivity index (χ2v) is 8.80. The lowest BCUT2D eigenvalue weighted by Gasteiger charge is -2.34. The van der Waals surface area contributed by atoms with Crippen LogP contribution in [0.1, 0.15) is 22.6 Å². The van der Waals surface area contributed by atoms with Crippen LogP contribution in [0.4, 0.5) is 5.69 Å². The van der Waals surface area contributed by atoms with Gasteiger partial charge in [0.15, 0.2) is 6.10 Å². The van der Waals surface area contributed by atoms with Crippen molar-refractivity contribution in [3.8, 4) is 0 Å². The maximum Gasteiger partial charge on any atom is 0.256 e. The van der Waals surface area contributed by atoms with E-state index in [2.05, 4.69) is 10.2 Å². The summed E-state index contributed by atoms with van der Waals surface area (Å²) < 4.78 is 0. The molecular formula is C22H26Cl2N2O6. The number of halogens is 2. The number of nitrogens with zero attached hydrogens (tertiary/aromatic N) is 1. The molecule has 10 heteroatoms. The highest BCUT2D eigenvalue weighted by atomic mass is 35.5. The number of fused-ring (bicyclic) bond motifs is 1. The number of anilines is 1. The molecule has 0 aromatic heterocycles. The largest absolute Gasteiger partial charge is 0.394 e. The molecule has 6 N–H and O–H groups in total. The van der Waals surface area contributed by atoms with Crippen molar-refractivity contribution in [2.45, 2.75) is 36.9 Å². The molecule has 174 valence electrons. The molecule has 5 unspecified atom stereocenters. The van der Waals surface area contributed by atoms with Gasteiger partial charge in [0, 0.05) is 34.7 Å². The second kappa shape index (κ2) is 10.5. The normalized spacial score (nSPS) is 20.2. The van der Waals surface area contributed by atoms with Gasteiger partial charge in [-0.3, -0.25) is 4.79 Å². The fourth-order valence-corrected chi connectivity index (χ4v) is 4.48. The van der Waals surface area contributed by atoms with Crippen LogP contribution in [0.25, 0.3) is 0 Å². The van der Waals surface area contributed by atoms with Gasteiger partial charge in [-0.2, -0.15) is 0 Å². The number of nitrogens with one attached hydrogen (secondary N) is 1. The number of amides is 1. The Balaban J connectivity index is 1.90. The Bertz CT molecular complexity index is 975. The molecule has 0 spiro atoms. The number of benzene rings is 2. The molecular weight excluding hydrogens is 459 g/mol. The predicted octanol–water partition coefficient (Wildman–Crippen LogP) is 0.945. The van der Waals surface area contributed by atoms with Crippen LogP contribution < -0.4 is 5.32 Å². The topological polar surface area (TPSA) is 133 Å². The fraction of sp³-hybridized carbons (Fsp3) is 0.409. The summed E-state index contributed by atoms with van der Waals surface area (Å²) in [5.41, 5.74) is 3.03. The van der Waals surface area contributed by atoms with E-state index in [9.17, 15) is 25.2 Å². The molecule has 32 heavy (non-hydrogen) atoms. The number of rotatable bonds is 7. The molecule has 2 aromatic rings. The Hall–Kier alpha value is -1.75.